The standard InChI is InChI=1S/C39H44F6O4S/c1-7-11-34-27(26-35(34,5)8-2)24-25-50(46,47)33-22-20-31(21-23-33)48-30-16-12-28(13-17-30)37(38(40,41)42,39(43,44)45)29-14-18-32(19-15-29)49-36(6,9-3)10-4/h7,11-24,34H,8-10,25-26H2,1-6H3. The first kappa shape index (κ1) is 39.1. The van der Waals surface area contributed by atoms with Crippen molar-refractivity contribution in [3.8, 4) is 17.2 Å². The molecular weight excluding hydrogens is 678 g/mol. The lowest BCUT2D eigenvalue weighted by molar-refractivity contribution is -0.288. The molecule has 0 N–H and O–H groups in total. The summed E-state index contributed by atoms with van der Waals surface area (Å²) in [5.74, 6) is 0.295. The molecular formula is C39H44F6O4S. The number of ether oxygens (including phenoxy) is 2. The minimum absolute atomic E-state index is 0.0338. The third-order valence-corrected chi connectivity index (χ3v) is 11.8. The van der Waals surface area contributed by atoms with Crippen LogP contribution in [0.5, 0.6) is 17.2 Å². The van der Waals surface area contributed by atoms with E-state index in [1.165, 1.54) is 24.3 Å². The molecule has 2 atom stereocenters. The highest BCUT2D eigenvalue weighted by Gasteiger charge is 2.72. The molecule has 3 aromatic rings. The van der Waals surface area contributed by atoms with Crippen molar-refractivity contribution in [2.75, 3.05) is 5.75 Å². The zero-order valence-electron chi connectivity index (χ0n) is 29.1. The van der Waals surface area contributed by atoms with Crippen molar-refractivity contribution in [1.82, 2.24) is 0 Å². The van der Waals surface area contributed by atoms with Crippen LogP contribution in [0.4, 0.5) is 26.3 Å². The third kappa shape index (κ3) is 7.62. The topological polar surface area (TPSA) is 52.6 Å². The summed E-state index contributed by atoms with van der Waals surface area (Å²) in [6.45, 7) is 11.8. The van der Waals surface area contributed by atoms with Gasteiger partial charge in [0.25, 0.3) is 0 Å². The zero-order chi connectivity index (χ0) is 37.2. The lowest BCUT2D eigenvalue weighted by Crippen LogP contribution is -2.54. The van der Waals surface area contributed by atoms with Crippen LogP contribution in [0.25, 0.3) is 0 Å². The number of allylic oxidation sites excluding steroid dienone is 3. The number of halogens is 6. The summed E-state index contributed by atoms with van der Waals surface area (Å²) in [5, 5.41) is 0. The Morgan fingerprint density at radius 1 is 0.780 bits per heavy atom. The van der Waals surface area contributed by atoms with E-state index in [1.54, 1.807) is 6.08 Å². The first-order valence-corrected chi connectivity index (χ1v) is 18.3. The van der Waals surface area contributed by atoms with E-state index in [4.69, 9.17) is 9.47 Å². The predicted molar refractivity (Wildman–Crippen MR) is 183 cm³/mol. The molecule has 272 valence electrons. The van der Waals surface area contributed by atoms with Crippen LogP contribution in [0.2, 0.25) is 0 Å². The number of hydrogen-bond acceptors (Lipinski definition) is 4. The van der Waals surface area contributed by atoms with E-state index in [2.05, 4.69) is 19.9 Å². The maximum Gasteiger partial charge on any atom is 0.411 e. The number of alkyl halides is 6. The molecule has 4 nitrogen and oxygen atoms in total. The average molecular weight is 723 g/mol. The van der Waals surface area contributed by atoms with Gasteiger partial charge < -0.3 is 9.47 Å². The van der Waals surface area contributed by atoms with Gasteiger partial charge in [-0.1, -0.05) is 75.8 Å². The van der Waals surface area contributed by atoms with E-state index in [0.29, 0.717) is 12.8 Å². The summed E-state index contributed by atoms with van der Waals surface area (Å²) < 4.78 is 126. The third-order valence-electron chi connectivity index (χ3n) is 10.2. The first-order valence-electron chi connectivity index (χ1n) is 16.6. The highest BCUT2D eigenvalue weighted by atomic mass is 32.2. The predicted octanol–water partition coefficient (Wildman–Crippen LogP) is 11.6. The van der Waals surface area contributed by atoms with Gasteiger partial charge in [-0.15, -0.1) is 0 Å². The van der Waals surface area contributed by atoms with E-state index in [0.717, 1.165) is 66.9 Å². The second kappa shape index (κ2) is 14.5. The molecule has 1 fully saturated rings. The van der Waals surface area contributed by atoms with Crippen LogP contribution < -0.4 is 9.47 Å². The van der Waals surface area contributed by atoms with Gasteiger partial charge in [0.2, 0.25) is 5.41 Å². The molecule has 0 bridgehead atoms. The fourth-order valence-corrected chi connectivity index (χ4v) is 7.64. The van der Waals surface area contributed by atoms with Crippen LogP contribution in [-0.2, 0) is 15.3 Å². The van der Waals surface area contributed by atoms with Crippen LogP contribution in [0, 0.1) is 11.3 Å². The van der Waals surface area contributed by atoms with Crippen molar-refractivity contribution in [1.29, 1.82) is 0 Å². The Morgan fingerprint density at radius 3 is 1.66 bits per heavy atom. The summed E-state index contributed by atoms with van der Waals surface area (Å²) >= 11 is 0. The molecule has 0 saturated heterocycles. The zero-order valence-corrected chi connectivity index (χ0v) is 29.9. The molecule has 1 aliphatic rings. The molecule has 0 amide bonds. The molecule has 11 heteroatoms. The average Bonchev–Trinajstić information content (AvgIpc) is 3.06. The Labute approximate surface area is 291 Å². The van der Waals surface area contributed by atoms with Gasteiger partial charge in [-0.3, -0.25) is 0 Å². The van der Waals surface area contributed by atoms with Crippen molar-refractivity contribution in [3.63, 3.8) is 0 Å². The summed E-state index contributed by atoms with van der Waals surface area (Å²) in [7, 11) is -3.67. The SMILES string of the molecule is CC=CC1C(=CCS(=O)(=O)c2ccc(Oc3ccc(C(c4ccc(OC(C)(CC)CC)cc4)(C(F)(F)F)C(F)(F)F)cc3)cc2)CC1(C)CC. The Hall–Kier alpha value is -3.73. The number of hydrogen-bond donors (Lipinski definition) is 0. The molecule has 3 aromatic carbocycles. The van der Waals surface area contributed by atoms with Crippen LogP contribution >= 0.6 is 0 Å². The van der Waals surface area contributed by atoms with E-state index in [9.17, 15) is 34.8 Å². The van der Waals surface area contributed by atoms with E-state index >= 15 is 0 Å². The molecule has 1 aliphatic carbocycles. The highest BCUT2D eigenvalue weighted by molar-refractivity contribution is 7.91. The van der Waals surface area contributed by atoms with E-state index in [-0.39, 0.29) is 39.2 Å². The van der Waals surface area contributed by atoms with Gasteiger partial charge in [0.1, 0.15) is 22.8 Å². The molecule has 0 aliphatic heterocycles. The van der Waals surface area contributed by atoms with Crippen molar-refractivity contribution in [2.45, 2.75) is 95.5 Å². The molecule has 0 radical (unpaired) electrons. The molecule has 50 heavy (non-hydrogen) atoms. The maximum absolute atomic E-state index is 14.7. The molecule has 0 heterocycles. The summed E-state index contributed by atoms with van der Waals surface area (Å²) in [6.07, 6.45) is -2.69. The minimum Gasteiger partial charge on any atom is -0.488 e. The number of sulfone groups is 1. The van der Waals surface area contributed by atoms with Gasteiger partial charge >= 0.3 is 12.4 Å². The van der Waals surface area contributed by atoms with Gasteiger partial charge in [-0.25, -0.2) is 8.42 Å². The Morgan fingerprint density at radius 2 is 1.24 bits per heavy atom. The van der Waals surface area contributed by atoms with Crippen molar-refractivity contribution in [3.05, 3.63) is 108 Å². The van der Waals surface area contributed by atoms with E-state index in [1.807, 2.05) is 33.8 Å². The maximum atomic E-state index is 14.7. The summed E-state index contributed by atoms with van der Waals surface area (Å²) in [5.41, 5.74) is -5.82. The van der Waals surface area contributed by atoms with Gasteiger partial charge in [0, 0.05) is 5.92 Å². The Kier molecular flexibility index (Phi) is 11.3. The van der Waals surface area contributed by atoms with Crippen molar-refractivity contribution in [2.24, 2.45) is 11.3 Å². The minimum atomic E-state index is -5.75. The van der Waals surface area contributed by atoms with Gasteiger partial charge in [0.15, 0.2) is 9.84 Å². The van der Waals surface area contributed by atoms with Gasteiger partial charge in [0.05, 0.1) is 10.6 Å². The van der Waals surface area contributed by atoms with Crippen LogP contribution in [0.1, 0.15) is 78.4 Å². The molecule has 2 unspecified atom stereocenters. The van der Waals surface area contributed by atoms with Crippen molar-refractivity contribution >= 4 is 9.84 Å². The highest BCUT2D eigenvalue weighted by Crippen LogP contribution is 2.57. The smallest absolute Gasteiger partial charge is 0.411 e. The Balaban J connectivity index is 1.56. The van der Waals surface area contributed by atoms with Gasteiger partial charge in [-0.05, 0) is 105 Å². The van der Waals surface area contributed by atoms with Crippen LogP contribution in [-0.4, -0.2) is 32.1 Å². The lowest BCUT2D eigenvalue weighted by atomic mass is 9.56. The van der Waals surface area contributed by atoms with Gasteiger partial charge in [-0.2, -0.15) is 26.3 Å². The molecule has 1 saturated carbocycles. The molecule has 0 spiro atoms. The monoisotopic (exact) mass is 722 g/mol. The quantitative estimate of drug-likeness (QED) is 0.130. The van der Waals surface area contributed by atoms with Crippen LogP contribution in [0.15, 0.2) is 101 Å². The second-order valence-electron chi connectivity index (χ2n) is 13.4. The summed E-state index contributed by atoms with van der Waals surface area (Å²) in [6, 6.07) is 12.8. The second-order valence-corrected chi connectivity index (χ2v) is 15.4. The largest absolute Gasteiger partial charge is 0.488 e. The fourth-order valence-electron chi connectivity index (χ4n) is 6.47. The molecule has 0 aromatic heterocycles. The fraction of sp³-hybridized carbons (Fsp3) is 0.436. The number of rotatable bonds is 13. The normalized spacial score (nSPS) is 19.8. The van der Waals surface area contributed by atoms with Crippen LogP contribution in [0.3, 0.4) is 0 Å². The Bertz CT molecular complexity index is 1760. The summed E-state index contributed by atoms with van der Waals surface area (Å²) in [4.78, 5) is 0.0581. The van der Waals surface area contributed by atoms with E-state index < -0.39 is 44.3 Å². The van der Waals surface area contributed by atoms with Crippen molar-refractivity contribution < 1.29 is 44.2 Å². The molecule has 4 rings (SSSR count). The first-order chi connectivity index (χ1) is 23.3. The lowest BCUT2D eigenvalue weighted by Gasteiger charge is -2.48. The number of benzene rings is 3.